The Balaban J connectivity index is 1.44. The number of hydrogen-bond acceptors (Lipinski definition) is 7. The van der Waals surface area contributed by atoms with Gasteiger partial charge in [0.2, 0.25) is 11.8 Å². The fourth-order valence-corrected chi connectivity index (χ4v) is 4.19. The summed E-state index contributed by atoms with van der Waals surface area (Å²) in [6, 6.07) is 6.14. The van der Waals surface area contributed by atoms with Crippen molar-refractivity contribution >= 4 is 17.7 Å². The molecule has 0 saturated carbocycles. The predicted octanol–water partition coefficient (Wildman–Crippen LogP) is 4.17. The number of piperidine rings is 1. The normalized spacial score (nSPS) is 19.3. The predicted molar refractivity (Wildman–Crippen MR) is 118 cm³/mol. The van der Waals surface area contributed by atoms with Crippen molar-refractivity contribution in [3.63, 3.8) is 0 Å². The zero-order chi connectivity index (χ0) is 22.0. The Bertz CT molecular complexity index is 1100. The summed E-state index contributed by atoms with van der Waals surface area (Å²) >= 11 is 6.22. The van der Waals surface area contributed by atoms with Gasteiger partial charge in [-0.2, -0.15) is 4.80 Å². The van der Waals surface area contributed by atoms with Crippen molar-refractivity contribution in [3.05, 3.63) is 70.3 Å². The van der Waals surface area contributed by atoms with Crippen LogP contribution in [0.3, 0.4) is 0 Å². The van der Waals surface area contributed by atoms with E-state index in [2.05, 4.69) is 56.2 Å². The second-order valence-corrected chi connectivity index (χ2v) is 8.39. The van der Waals surface area contributed by atoms with E-state index in [9.17, 15) is 0 Å². The lowest BCUT2D eigenvalue weighted by molar-refractivity contribution is 0.183. The molecule has 162 valence electrons. The highest BCUT2D eigenvalue weighted by Crippen LogP contribution is 2.32. The molecule has 9 heteroatoms. The Morgan fingerprint density at radius 3 is 2.81 bits per heavy atom. The molecule has 2 aromatic heterocycles. The number of hydrogen-bond donors (Lipinski definition) is 0. The number of halogens is 1. The van der Waals surface area contributed by atoms with Crippen LogP contribution < -0.4 is 0 Å². The van der Waals surface area contributed by atoms with Crippen LogP contribution in [0.1, 0.15) is 54.4 Å². The minimum absolute atomic E-state index is 0.297. The van der Waals surface area contributed by atoms with E-state index in [0.717, 1.165) is 42.1 Å². The fraction of sp³-hybridized carbons (Fsp3) is 0.409. The first-order valence-electron chi connectivity index (χ1n) is 10.4. The zero-order valence-electron chi connectivity index (χ0n) is 18.0. The van der Waals surface area contributed by atoms with E-state index < -0.39 is 0 Å². The number of rotatable bonds is 6. The molecule has 0 N–H and O–H groups in total. The molecule has 0 unspecified atom stereocenters. The van der Waals surface area contributed by atoms with Crippen LogP contribution in [0.2, 0.25) is 5.02 Å². The lowest BCUT2D eigenvalue weighted by Crippen LogP contribution is -2.38. The maximum absolute atomic E-state index is 6.22. The first-order valence-corrected chi connectivity index (χ1v) is 10.7. The van der Waals surface area contributed by atoms with Crippen molar-refractivity contribution in [3.8, 4) is 0 Å². The minimum atomic E-state index is 0.297. The largest absolute Gasteiger partial charge is 0.425 e. The maximum atomic E-state index is 6.22. The Morgan fingerprint density at radius 2 is 2.13 bits per heavy atom. The monoisotopic (exact) mass is 439 g/mol. The molecule has 0 spiro atoms. The number of aryl methyl sites for hydroxylation is 2. The van der Waals surface area contributed by atoms with Crippen LogP contribution in [-0.4, -0.2) is 47.9 Å². The standard InChI is InChI=1S/C22H26ClN7O/c1-14(29-10-9-19(11-15(29)2)22-26-25-17(4)31-22)5-6-18-7-8-21(23)12-20(18)13-30-27-16(3)24-28-30/h5-8,12,15,19H,1,9-11,13H2,2-4H3/b6-5+/t15-,19-/m1/s1. The SMILES string of the molecule is C=C(/C=C/c1ccc(Cl)cc1Cn1nnc(C)n1)N1CC[C@@H](c2nnc(C)o2)C[C@H]1C. The molecule has 0 bridgehead atoms. The average Bonchev–Trinajstić information content (AvgIpc) is 3.35. The summed E-state index contributed by atoms with van der Waals surface area (Å²) in [5, 5.41) is 21.1. The maximum Gasteiger partial charge on any atom is 0.219 e. The van der Waals surface area contributed by atoms with Crippen molar-refractivity contribution in [2.75, 3.05) is 6.54 Å². The first kappa shape index (κ1) is 21.2. The van der Waals surface area contributed by atoms with Gasteiger partial charge in [0, 0.05) is 36.1 Å². The molecular formula is C22H26ClN7O. The molecule has 3 heterocycles. The van der Waals surface area contributed by atoms with E-state index in [4.69, 9.17) is 16.0 Å². The highest BCUT2D eigenvalue weighted by Gasteiger charge is 2.29. The van der Waals surface area contributed by atoms with E-state index in [1.165, 1.54) is 0 Å². The molecule has 1 aromatic carbocycles. The van der Waals surface area contributed by atoms with Crippen molar-refractivity contribution in [1.82, 2.24) is 35.3 Å². The smallest absolute Gasteiger partial charge is 0.219 e. The Labute approximate surface area is 186 Å². The molecule has 1 saturated heterocycles. The molecule has 1 fully saturated rings. The van der Waals surface area contributed by atoms with E-state index in [1.807, 2.05) is 32.0 Å². The van der Waals surface area contributed by atoms with Crippen LogP contribution in [0.15, 0.2) is 41.0 Å². The molecule has 31 heavy (non-hydrogen) atoms. The van der Waals surface area contributed by atoms with Gasteiger partial charge < -0.3 is 9.32 Å². The second-order valence-electron chi connectivity index (χ2n) is 7.96. The van der Waals surface area contributed by atoms with E-state index in [-0.39, 0.29) is 0 Å². The number of allylic oxidation sites excluding steroid dienone is 1. The lowest BCUT2D eigenvalue weighted by atomic mass is 9.91. The second kappa shape index (κ2) is 9.01. The molecule has 0 aliphatic carbocycles. The van der Waals surface area contributed by atoms with E-state index in [0.29, 0.717) is 35.2 Å². The molecule has 1 aliphatic heterocycles. The Hall–Kier alpha value is -3.00. The lowest BCUT2D eigenvalue weighted by Gasteiger charge is -2.38. The topological polar surface area (TPSA) is 85.8 Å². The summed E-state index contributed by atoms with van der Waals surface area (Å²) in [6.07, 6.45) is 6.04. The van der Waals surface area contributed by atoms with Gasteiger partial charge in [-0.15, -0.1) is 20.4 Å². The van der Waals surface area contributed by atoms with Crippen LogP contribution in [0.4, 0.5) is 0 Å². The molecule has 8 nitrogen and oxygen atoms in total. The fourth-order valence-electron chi connectivity index (χ4n) is 4.00. The van der Waals surface area contributed by atoms with Gasteiger partial charge in [0.1, 0.15) is 0 Å². The van der Waals surface area contributed by atoms with Gasteiger partial charge in [0.15, 0.2) is 5.82 Å². The quantitative estimate of drug-likeness (QED) is 0.532. The third kappa shape index (κ3) is 5.02. The molecule has 1 aliphatic rings. The highest BCUT2D eigenvalue weighted by atomic mass is 35.5. The van der Waals surface area contributed by atoms with Gasteiger partial charge >= 0.3 is 0 Å². The molecule has 0 radical (unpaired) electrons. The number of tetrazole rings is 1. The van der Waals surface area contributed by atoms with Crippen molar-refractivity contribution in [2.45, 2.75) is 52.1 Å². The molecular weight excluding hydrogens is 414 g/mol. The van der Waals surface area contributed by atoms with E-state index in [1.54, 1.807) is 4.80 Å². The molecule has 0 amide bonds. The van der Waals surface area contributed by atoms with Gasteiger partial charge in [-0.25, -0.2) is 0 Å². The van der Waals surface area contributed by atoms with Gasteiger partial charge in [-0.3, -0.25) is 0 Å². The van der Waals surface area contributed by atoms with Gasteiger partial charge in [0.05, 0.1) is 6.54 Å². The third-order valence-corrected chi connectivity index (χ3v) is 5.80. The summed E-state index contributed by atoms with van der Waals surface area (Å²) < 4.78 is 5.64. The Kier molecular flexibility index (Phi) is 6.18. The van der Waals surface area contributed by atoms with Crippen LogP contribution >= 0.6 is 11.6 Å². The van der Waals surface area contributed by atoms with Crippen molar-refractivity contribution in [2.24, 2.45) is 0 Å². The number of benzene rings is 1. The van der Waals surface area contributed by atoms with Crippen molar-refractivity contribution in [1.29, 1.82) is 0 Å². The summed E-state index contributed by atoms with van der Waals surface area (Å²) in [6.45, 7) is 11.5. The number of likely N-dealkylation sites (tertiary alicyclic amines) is 1. The molecule has 3 aromatic rings. The summed E-state index contributed by atoms with van der Waals surface area (Å²) in [5.41, 5.74) is 3.04. The number of aromatic nitrogens is 6. The highest BCUT2D eigenvalue weighted by molar-refractivity contribution is 6.30. The third-order valence-electron chi connectivity index (χ3n) is 5.56. The first-order chi connectivity index (χ1) is 14.9. The minimum Gasteiger partial charge on any atom is -0.425 e. The summed E-state index contributed by atoms with van der Waals surface area (Å²) in [7, 11) is 0. The average molecular weight is 440 g/mol. The molecule has 2 atom stereocenters. The van der Waals surface area contributed by atoms with E-state index >= 15 is 0 Å². The van der Waals surface area contributed by atoms with Gasteiger partial charge in [0.25, 0.3) is 0 Å². The van der Waals surface area contributed by atoms with Crippen LogP contribution in [-0.2, 0) is 6.54 Å². The number of nitrogens with zero attached hydrogens (tertiary/aromatic N) is 7. The summed E-state index contributed by atoms with van der Waals surface area (Å²) in [5.74, 6) is 2.30. The summed E-state index contributed by atoms with van der Waals surface area (Å²) in [4.78, 5) is 3.90. The van der Waals surface area contributed by atoms with Gasteiger partial charge in [-0.05, 0) is 61.2 Å². The van der Waals surface area contributed by atoms with Gasteiger partial charge in [-0.1, -0.05) is 30.3 Å². The molecule has 4 rings (SSSR count). The van der Waals surface area contributed by atoms with Crippen LogP contribution in [0, 0.1) is 13.8 Å². The van der Waals surface area contributed by atoms with Crippen molar-refractivity contribution < 1.29 is 4.42 Å². The zero-order valence-corrected chi connectivity index (χ0v) is 18.7. The van der Waals surface area contributed by atoms with Crippen LogP contribution in [0.5, 0.6) is 0 Å². The van der Waals surface area contributed by atoms with Crippen LogP contribution in [0.25, 0.3) is 6.08 Å². The Morgan fingerprint density at radius 1 is 1.29 bits per heavy atom.